The third-order valence-electron chi connectivity index (χ3n) is 6.13. The number of hydrogen-bond donors (Lipinski definition) is 2. The van der Waals surface area contributed by atoms with Crippen molar-refractivity contribution in [3.05, 3.63) is 87.8 Å². The smallest absolute Gasteiger partial charge is 0.267 e. The molecule has 11 heteroatoms. The van der Waals surface area contributed by atoms with Crippen molar-refractivity contribution in [1.82, 2.24) is 24.1 Å². The molecule has 0 spiro atoms. The highest BCUT2D eigenvalue weighted by Gasteiger charge is 2.19. The number of anilines is 1. The third kappa shape index (κ3) is 5.53. The lowest BCUT2D eigenvalue weighted by Crippen LogP contribution is -2.32. The fraction of sp³-hybridized carbons (Fsp3) is 0.259. The van der Waals surface area contributed by atoms with Gasteiger partial charge in [0.2, 0.25) is 5.13 Å². The van der Waals surface area contributed by atoms with Gasteiger partial charge in [-0.1, -0.05) is 85.7 Å². The van der Waals surface area contributed by atoms with E-state index in [2.05, 4.69) is 27.4 Å². The molecule has 38 heavy (non-hydrogen) atoms. The van der Waals surface area contributed by atoms with Crippen LogP contribution in [0.3, 0.4) is 0 Å². The monoisotopic (exact) mass is 545 g/mol. The summed E-state index contributed by atoms with van der Waals surface area (Å²) < 4.78 is 3.86. The van der Waals surface area contributed by atoms with E-state index in [0.717, 1.165) is 35.8 Å². The van der Waals surface area contributed by atoms with Gasteiger partial charge in [-0.05, 0) is 30.2 Å². The Labute approximate surface area is 227 Å². The van der Waals surface area contributed by atoms with Crippen molar-refractivity contribution in [2.45, 2.75) is 49.2 Å². The summed E-state index contributed by atoms with van der Waals surface area (Å²) in [5, 5.41) is 20.6. The second kappa shape index (κ2) is 11.7. The average Bonchev–Trinajstić information content (AvgIpc) is 3.38. The van der Waals surface area contributed by atoms with Crippen LogP contribution in [0.25, 0.3) is 16.7 Å². The predicted molar refractivity (Wildman–Crippen MR) is 151 cm³/mol. The van der Waals surface area contributed by atoms with Crippen molar-refractivity contribution in [1.29, 1.82) is 5.41 Å². The molecule has 0 radical (unpaired) electrons. The Bertz CT molecular complexity index is 1710. The predicted octanol–water partition coefficient (Wildman–Crippen LogP) is 5.11. The van der Waals surface area contributed by atoms with E-state index in [1.54, 1.807) is 34.7 Å². The van der Waals surface area contributed by atoms with Crippen LogP contribution in [0.15, 0.2) is 69.9 Å². The number of nitrogens with zero attached hydrogens (tertiary/aromatic N) is 5. The summed E-state index contributed by atoms with van der Waals surface area (Å²) in [5.41, 5.74) is 1.91. The van der Waals surface area contributed by atoms with E-state index in [1.165, 1.54) is 27.4 Å². The highest BCUT2D eigenvalue weighted by atomic mass is 32.2. The van der Waals surface area contributed by atoms with Gasteiger partial charge in [0.05, 0.1) is 10.9 Å². The van der Waals surface area contributed by atoms with Gasteiger partial charge in [-0.2, -0.15) is 0 Å². The fourth-order valence-corrected chi connectivity index (χ4v) is 5.88. The maximum absolute atomic E-state index is 13.3. The van der Waals surface area contributed by atoms with Crippen LogP contribution in [0.2, 0.25) is 0 Å². The first-order valence-corrected chi connectivity index (χ1v) is 14.3. The van der Waals surface area contributed by atoms with Gasteiger partial charge in [0.25, 0.3) is 11.5 Å². The van der Waals surface area contributed by atoms with E-state index >= 15 is 0 Å². The Morgan fingerprint density at radius 3 is 2.71 bits per heavy atom. The number of thioether (sulfide) groups is 1. The number of nitrogens with one attached hydrogen (secondary N) is 2. The quantitative estimate of drug-likeness (QED) is 0.109. The second-order valence-electron chi connectivity index (χ2n) is 8.80. The maximum atomic E-state index is 13.3. The molecule has 9 nitrogen and oxygen atoms in total. The molecule has 0 atom stereocenters. The number of carbonyl (C=O) groups excluding carboxylic acids is 1. The topological polar surface area (TPSA) is 118 Å². The zero-order chi connectivity index (χ0) is 26.5. The van der Waals surface area contributed by atoms with Gasteiger partial charge >= 0.3 is 0 Å². The Kier molecular flexibility index (Phi) is 7.94. The minimum Gasteiger partial charge on any atom is -0.310 e. The lowest BCUT2D eigenvalue weighted by molar-refractivity contribution is 0.102. The Morgan fingerprint density at radius 2 is 1.89 bits per heavy atom. The number of aromatic nitrogens is 5. The van der Waals surface area contributed by atoms with Gasteiger partial charge in [-0.25, -0.2) is 4.98 Å². The molecule has 0 aliphatic heterocycles. The van der Waals surface area contributed by atoms with Crippen LogP contribution < -0.4 is 16.4 Å². The van der Waals surface area contributed by atoms with Gasteiger partial charge in [0.15, 0.2) is 4.34 Å². The number of hydrogen-bond acceptors (Lipinski definition) is 8. The molecule has 4 aromatic heterocycles. The van der Waals surface area contributed by atoms with E-state index < -0.39 is 5.91 Å². The normalized spacial score (nSPS) is 11.3. The molecule has 5 aromatic rings. The highest BCUT2D eigenvalue weighted by Crippen LogP contribution is 2.28. The molecule has 0 fully saturated rings. The summed E-state index contributed by atoms with van der Waals surface area (Å²) in [5.74, 6) is 0.237. The molecular formula is C27H27N7O2S2. The summed E-state index contributed by atoms with van der Waals surface area (Å²) in [7, 11) is 0. The van der Waals surface area contributed by atoms with E-state index in [9.17, 15) is 9.59 Å². The van der Waals surface area contributed by atoms with Gasteiger partial charge in [0, 0.05) is 18.5 Å². The number of rotatable bonds is 10. The first-order valence-electron chi connectivity index (χ1n) is 12.5. The standard InChI is InChI=1S/C27H27N7O2S2/c1-2-3-4-9-15-34-22(28)19(16-20-23(34)29-21-13-8-10-14-33(21)25(20)36)24(35)30-26-31-32-27(38-26)37-17-18-11-6-5-7-12-18/h5-8,10-14,16,28H,2-4,9,15,17H2,1H3,(H,30,31,35). The van der Waals surface area contributed by atoms with Crippen LogP contribution >= 0.6 is 23.1 Å². The molecule has 0 unspecified atom stereocenters. The summed E-state index contributed by atoms with van der Waals surface area (Å²) >= 11 is 2.82. The molecule has 0 bridgehead atoms. The summed E-state index contributed by atoms with van der Waals surface area (Å²) in [6.45, 7) is 2.63. The molecule has 2 N–H and O–H groups in total. The number of amides is 1. The van der Waals surface area contributed by atoms with Crippen molar-refractivity contribution in [3.63, 3.8) is 0 Å². The molecule has 4 heterocycles. The lowest BCUT2D eigenvalue weighted by Gasteiger charge is -2.14. The molecule has 0 saturated carbocycles. The Balaban J connectivity index is 1.46. The minimum absolute atomic E-state index is 0.0156. The first-order chi connectivity index (χ1) is 18.5. The lowest BCUT2D eigenvalue weighted by atomic mass is 10.1. The molecular weight excluding hydrogens is 518 g/mol. The number of unbranched alkanes of at least 4 members (excludes halogenated alkanes) is 3. The first kappa shape index (κ1) is 25.8. The van der Waals surface area contributed by atoms with E-state index in [1.807, 2.05) is 36.4 Å². The third-order valence-corrected chi connectivity index (χ3v) is 8.17. The summed E-state index contributed by atoms with van der Waals surface area (Å²) in [6, 6.07) is 16.9. The maximum Gasteiger partial charge on any atom is 0.267 e. The van der Waals surface area contributed by atoms with Crippen molar-refractivity contribution < 1.29 is 4.79 Å². The fourth-order valence-electron chi connectivity index (χ4n) is 4.18. The van der Waals surface area contributed by atoms with E-state index in [0.29, 0.717) is 28.4 Å². The Hall–Kier alpha value is -3.83. The molecule has 0 aliphatic rings. The molecule has 0 saturated heterocycles. The number of benzene rings is 1. The van der Waals surface area contributed by atoms with Crippen molar-refractivity contribution in [2.75, 3.05) is 5.32 Å². The van der Waals surface area contributed by atoms with Gasteiger partial charge in [0.1, 0.15) is 16.8 Å². The molecule has 1 amide bonds. The minimum atomic E-state index is -0.507. The average molecular weight is 546 g/mol. The number of fused-ring (bicyclic) bond motifs is 2. The van der Waals surface area contributed by atoms with Gasteiger partial charge < -0.3 is 4.57 Å². The molecule has 1 aromatic carbocycles. The number of pyridine rings is 2. The zero-order valence-electron chi connectivity index (χ0n) is 20.9. The summed E-state index contributed by atoms with van der Waals surface area (Å²) in [6.07, 6.45) is 5.62. The van der Waals surface area contributed by atoms with Crippen molar-refractivity contribution in [3.8, 4) is 0 Å². The number of carbonyl (C=O) groups is 1. The van der Waals surface area contributed by atoms with Gasteiger partial charge in [-0.3, -0.25) is 24.7 Å². The van der Waals surface area contributed by atoms with Crippen LogP contribution in [-0.2, 0) is 12.3 Å². The van der Waals surface area contributed by atoms with E-state index in [4.69, 9.17) is 5.41 Å². The van der Waals surface area contributed by atoms with Crippen LogP contribution in [0, 0.1) is 5.41 Å². The SMILES string of the molecule is CCCCCCn1c(=N)c(C(=O)Nc2nnc(SCc3ccccc3)s2)cc2c(=O)n3ccccc3nc21. The largest absolute Gasteiger partial charge is 0.310 e. The van der Waals surface area contributed by atoms with Gasteiger partial charge in [-0.15, -0.1) is 10.2 Å². The van der Waals surface area contributed by atoms with Crippen molar-refractivity contribution in [2.24, 2.45) is 0 Å². The zero-order valence-corrected chi connectivity index (χ0v) is 22.5. The van der Waals surface area contributed by atoms with Crippen LogP contribution in [0.1, 0.15) is 48.5 Å². The van der Waals surface area contributed by atoms with Crippen molar-refractivity contribution >= 4 is 50.8 Å². The molecule has 5 rings (SSSR count). The van der Waals surface area contributed by atoms with Crippen LogP contribution in [0.5, 0.6) is 0 Å². The summed E-state index contributed by atoms with van der Waals surface area (Å²) in [4.78, 5) is 31.4. The van der Waals surface area contributed by atoms with Crippen LogP contribution in [-0.4, -0.2) is 30.1 Å². The second-order valence-corrected chi connectivity index (χ2v) is 11.0. The molecule has 194 valence electrons. The highest BCUT2D eigenvalue weighted by molar-refractivity contribution is 8.00. The Morgan fingerprint density at radius 1 is 1.08 bits per heavy atom. The number of aryl methyl sites for hydroxylation is 1. The van der Waals surface area contributed by atoms with E-state index in [-0.39, 0.29) is 16.6 Å². The van der Waals surface area contributed by atoms with Crippen LogP contribution in [0.4, 0.5) is 5.13 Å². The molecule has 0 aliphatic carbocycles.